The number of carbonyl (C=O) groups excluding carboxylic acids is 1. The molecule has 1 N–H and O–H groups in total. The highest BCUT2D eigenvalue weighted by atomic mass is 35.5. The van der Waals surface area contributed by atoms with Crippen molar-refractivity contribution in [3.63, 3.8) is 0 Å². The first kappa shape index (κ1) is 15.3. The van der Waals surface area contributed by atoms with E-state index in [2.05, 4.69) is 24.1 Å². The maximum Gasteiger partial charge on any atom is 0.230 e. The Morgan fingerprint density at radius 1 is 1.40 bits per heavy atom. The van der Waals surface area contributed by atoms with E-state index < -0.39 is 0 Å². The monoisotopic (exact) mass is 328 g/mol. The number of halogens is 2. The Bertz CT molecular complexity index is 625. The SMILES string of the molecule is CC(C)c1cnc(NC(=O)Cc2ccc(Cl)cc2Cl)s1. The van der Waals surface area contributed by atoms with Gasteiger partial charge in [-0.05, 0) is 23.6 Å². The van der Waals surface area contributed by atoms with Crippen molar-refractivity contribution in [1.82, 2.24) is 4.98 Å². The lowest BCUT2D eigenvalue weighted by molar-refractivity contribution is -0.115. The summed E-state index contributed by atoms with van der Waals surface area (Å²) in [4.78, 5) is 17.3. The van der Waals surface area contributed by atoms with Crippen LogP contribution in [0.15, 0.2) is 24.4 Å². The number of nitrogens with one attached hydrogen (secondary N) is 1. The second-order valence-corrected chi connectivity index (χ2v) is 6.59. The van der Waals surface area contributed by atoms with E-state index >= 15 is 0 Å². The van der Waals surface area contributed by atoms with Crippen molar-refractivity contribution in [3.05, 3.63) is 44.9 Å². The average Bonchev–Trinajstić information content (AvgIpc) is 2.81. The van der Waals surface area contributed by atoms with Crippen LogP contribution in [0.2, 0.25) is 10.0 Å². The quantitative estimate of drug-likeness (QED) is 0.879. The number of rotatable bonds is 4. The first-order valence-electron chi connectivity index (χ1n) is 6.15. The molecule has 1 heterocycles. The molecule has 0 fully saturated rings. The van der Waals surface area contributed by atoms with E-state index in [9.17, 15) is 4.79 Å². The minimum atomic E-state index is -0.140. The number of amides is 1. The van der Waals surface area contributed by atoms with E-state index in [1.165, 1.54) is 11.3 Å². The third-order valence-electron chi connectivity index (χ3n) is 2.71. The van der Waals surface area contributed by atoms with Crippen molar-refractivity contribution in [3.8, 4) is 0 Å². The molecular formula is C14H14Cl2N2OS. The van der Waals surface area contributed by atoms with Crippen molar-refractivity contribution in [2.24, 2.45) is 0 Å². The smallest absolute Gasteiger partial charge is 0.230 e. The van der Waals surface area contributed by atoms with E-state index in [0.29, 0.717) is 21.1 Å². The summed E-state index contributed by atoms with van der Waals surface area (Å²) in [6.45, 7) is 4.18. The lowest BCUT2D eigenvalue weighted by Crippen LogP contribution is -2.14. The van der Waals surface area contributed by atoms with Crippen LogP contribution in [0.25, 0.3) is 0 Å². The van der Waals surface area contributed by atoms with Gasteiger partial charge in [-0.1, -0.05) is 43.1 Å². The molecule has 0 aliphatic rings. The van der Waals surface area contributed by atoms with Crippen molar-refractivity contribution in [2.45, 2.75) is 26.2 Å². The first-order chi connectivity index (χ1) is 9.45. The van der Waals surface area contributed by atoms with Crippen LogP contribution in [-0.2, 0) is 11.2 Å². The van der Waals surface area contributed by atoms with Crippen LogP contribution in [0.3, 0.4) is 0 Å². The lowest BCUT2D eigenvalue weighted by atomic mass is 10.1. The van der Waals surface area contributed by atoms with Crippen LogP contribution in [0.5, 0.6) is 0 Å². The van der Waals surface area contributed by atoms with Gasteiger partial charge in [-0.25, -0.2) is 4.98 Å². The van der Waals surface area contributed by atoms with Gasteiger partial charge in [-0.15, -0.1) is 11.3 Å². The molecule has 106 valence electrons. The van der Waals surface area contributed by atoms with Gasteiger partial charge in [0.2, 0.25) is 5.91 Å². The zero-order chi connectivity index (χ0) is 14.7. The molecule has 1 amide bonds. The second-order valence-electron chi connectivity index (χ2n) is 4.68. The number of anilines is 1. The summed E-state index contributed by atoms with van der Waals surface area (Å²) < 4.78 is 0. The summed E-state index contributed by atoms with van der Waals surface area (Å²) in [6.07, 6.45) is 1.99. The number of hydrogen-bond donors (Lipinski definition) is 1. The predicted octanol–water partition coefficient (Wildman–Crippen LogP) is 4.75. The minimum absolute atomic E-state index is 0.140. The molecule has 1 aromatic carbocycles. The van der Waals surface area contributed by atoms with E-state index in [-0.39, 0.29) is 12.3 Å². The highest BCUT2D eigenvalue weighted by molar-refractivity contribution is 7.15. The van der Waals surface area contributed by atoms with Crippen molar-refractivity contribution >= 4 is 45.6 Å². The minimum Gasteiger partial charge on any atom is -0.302 e. The van der Waals surface area contributed by atoms with Gasteiger partial charge in [-0.2, -0.15) is 0 Å². The van der Waals surface area contributed by atoms with Gasteiger partial charge in [0.05, 0.1) is 6.42 Å². The zero-order valence-electron chi connectivity index (χ0n) is 11.1. The average molecular weight is 329 g/mol. The molecule has 0 saturated carbocycles. The van der Waals surface area contributed by atoms with Crippen LogP contribution in [0.1, 0.15) is 30.2 Å². The summed E-state index contributed by atoms with van der Waals surface area (Å²) >= 11 is 13.4. The van der Waals surface area contributed by atoms with Gasteiger partial charge in [0.15, 0.2) is 5.13 Å². The summed E-state index contributed by atoms with van der Waals surface area (Å²) in [6, 6.07) is 5.11. The van der Waals surface area contributed by atoms with Gasteiger partial charge in [-0.3, -0.25) is 4.79 Å². The molecule has 0 aliphatic carbocycles. The van der Waals surface area contributed by atoms with Gasteiger partial charge >= 0.3 is 0 Å². The molecule has 0 saturated heterocycles. The first-order valence-corrected chi connectivity index (χ1v) is 7.72. The van der Waals surface area contributed by atoms with E-state index in [1.54, 1.807) is 24.4 Å². The van der Waals surface area contributed by atoms with E-state index in [1.807, 2.05) is 0 Å². The molecule has 20 heavy (non-hydrogen) atoms. The maximum absolute atomic E-state index is 12.0. The Morgan fingerprint density at radius 3 is 2.75 bits per heavy atom. The van der Waals surface area contributed by atoms with Crippen LogP contribution in [0, 0.1) is 0 Å². The Hall–Kier alpha value is -1.10. The van der Waals surface area contributed by atoms with Crippen LogP contribution in [-0.4, -0.2) is 10.9 Å². The molecular weight excluding hydrogens is 315 g/mol. The molecule has 2 aromatic rings. The Balaban J connectivity index is 2.01. The fourth-order valence-electron chi connectivity index (χ4n) is 1.61. The second kappa shape index (κ2) is 6.57. The number of hydrogen-bond acceptors (Lipinski definition) is 3. The lowest BCUT2D eigenvalue weighted by Gasteiger charge is -2.04. The van der Waals surface area contributed by atoms with Crippen LogP contribution >= 0.6 is 34.5 Å². The number of carbonyl (C=O) groups is 1. The number of nitrogens with zero attached hydrogens (tertiary/aromatic N) is 1. The molecule has 0 radical (unpaired) electrons. The zero-order valence-corrected chi connectivity index (χ0v) is 13.4. The Morgan fingerprint density at radius 2 is 2.15 bits per heavy atom. The van der Waals surface area contributed by atoms with Gasteiger partial charge in [0.25, 0.3) is 0 Å². The van der Waals surface area contributed by atoms with Crippen LogP contribution < -0.4 is 5.32 Å². The molecule has 6 heteroatoms. The van der Waals surface area contributed by atoms with Crippen molar-refractivity contribution in [1.29, 1.82) is 0 Å². The van der Waals surface area contributed by atoms with Crippen LogP contribution in [0.4, 0.5) is 5.13 Å². The molecule has 0 atom stereocenters. The third-order valence-corrected chi connectivity index (χ3v) is 4.51. The molecule has 0 unspecified atom stereocenters. The van der Waals surface area contributed by atoms with Gasteiger partial charge in [0.1, 0.15) is 0 Å². The molecule has 3 nitrogen and oxygen atoms in total. The predicted molar refractivity (Wildman–Crippen MR) is 85.0 cm³/mol. The number of thiazole rings is 1. The van der Waals surface area contributed by atoms with Gasteiger partial charge < -0.3 is 5.32 Å². The van der Waals surface area contributed by atoms with E-state index in [0.717, 1.165) is 10.4 Å². The number of aromatic nitrogens is 1. The Kier molecular flexibility index (Phi) is 5.02. The fourth-order valence-corrected chi connectivity index (χ4v) is 2.92. The maximum atomic E-state index is 12.0. The van der Waals surface area contributed by atoms with Gasteiger partial charge in [0, 0.05) is 21.1 Å². The number of benzene rings is 1. The summed E-state index contributed by atoms with van der Waals surface area (Å²) in [5.74, 6) is 0.266. The molecule has 0 bridgehead atoms. The third kappa shape index (κ3) is 3.95. The molecule has 0 aliphatic heterocycles. The molecule has 1 aromatic heterocycles. The largest absolute Gasteiger partial charge is 0.302 e. The normalized spacial score (nSPS) is 10.8. The summed E-state index contributed by atoms with van der Waals surface area (Å²) in [7, 11) is 0. The fraction of sp³-hybridized carbons (Fsp3) is 0.286. The standard InChI is InChI=1S/C14H14Cl2N2OS/c1-8(2)12-7-17-14(20-12)18-13(19)5-9-3-4-10(15)6-11(9)16/h3-4,6-8H,5H2,1-2H3,(H,17,18,19). The molecule has 2 rings (SSSR count). The van der Waals surface area contributed by atoms with E-state index in [4.69, 9.17) is 23.2 Å². The van der Waals surface area contributed by atoms with Crippen molar-refractivity contribution < 1.29 is 4.79 Å². The topological polar surface area (TPSA) is 42.0 Å². The summed E-state index contributed by atoms with van der Waals surface area (Å²) in [5.41, 5.74) is 0.745. The summed E-state index contributed by atoms with van der Waals surface area (Å²) in [5, 5.41) is 4.45. The highest BCUT2D eigenvalue weighted by Gasteiger charge is 2.11. The highest BCUT2D eigenvalue weighted by Crippen LogP contribution is 2.26. The Labute approximate surface area is 131 Å². The van der Waals surface area contributed by atoms with Crippen molar-refractivity contribution in [2.75, 3.05) is 5.32 Å². The molecule has 0 spiro atoms.